The molecule has 2 heterocycles. The third kappa shape index (κ3) is 3.78. The van der Waals surface area contributed by atoms with Crippen molar-refractivity contribution in [2.75, 3.05) is 24.6 Å². The van der Waals surface area contributed by atoms with Crippen LogP contribution in [-0.2, 0) is 6.54 Å². The Morgan fingerprint density at radius 1 is 1.04 bits per heavy atom. The van der Waals surface area contributed by atoms with Crippen LogP contribution in [0.2, 0.25) is 0 Å². The first-order chi connectivity index (χ1) is 13.7. The average Bonchev–Trinajstić information content (AvgIpc) is 3.23. The van der Waals surface area contributed by atoms with Crippen LogP contribution in [0.1, 0.15) is 31.7 Å². The Labute approximate surface area is 165 Å². The van der Waals surface area contributed by atoms with Crippen LogP contribution in [0.3, 0.4) is 0 Å². The standard InChI is InChI=1S/C22H27N5O/c1-2-22(17-28)13-6-14-26(16-22)21-23-24-25-27(21)15-18-9-11-20(12-10-18)19-7-4-3-5-8-19/h3-5,7-12,28H,2,6,13-17H2,1H3/t22-/m0/s1. The van der Waals surface area contributed by atoms with E-state index in [0.29, 0.717) is 6.54 Å². The number of anilines is 1. The van der Waals surface area contributed by atoms with Crippen molar-refractivity contribution in [3.63, 3.8) is 0 Å². The first-order valence-corrected chi connectivity index (χ1v) is 9.99. The van der Waals surface area contributed by atoms with E-state index in [0.717, 1.165) is 43.9 Å². The highest BCUT2D eigenvalue weighted by Crippen LogP contribution is 2.34. The summed E-state index contributed by atoms with van der Waals surface area (Å²) in [5.74, 6) is 0.790. The van der Waals surface area contributed by atoms with Gasteiger partial charge in [-0.3, -0.25) is 0 Å². The third-order valence-corrected chi connectivity index (χ3v) is 5.94. The van der Waals surface area contributed by atoms with Gasteiger partial charge in [-0.1, -0.05) is 66.6 Å². The molecule has 0 aliphatic carbocycles. The second-order valence-corrected chi connectivity index (χ2v) is 7.74. The van der Waals surface area contributed by atoms with Crippen molar-refractivity contribution >= 4 is 5.95 Å². The van der Waals surface area contributed by atoms with E-state index < -0.39 is 0 Å². The van der Waals surface area contributed by atoms with Crippen molar-refractivity contribution < 1.29 is 5.11 Å². The Bertz CT molecular complexity index is 887. The van der Waals surface area contributed by atoms with E-state index in [1.54, 1.807) is 0 Å². The summed E-state index contributed by atoms with van der Waals surface area (Å²) in [6, 6.07) is 18.9. The molecule has 1 aromatic heterocycles. The normalized spacial score (nSPS) is 19.7. The Morgan fingerprint density at radius 3 is 2.50 bits per heavy atom. The van der Waals surface area contributed by atoms with Gasteiger partial charge < -0.3 is 10.0 Å². The van der Waals surface area contributed by atoms with Gasteiger partial charge in [-0.15, -0.1) is 0 Å². The Kier molecular flexibility index (Phi) is 5.39. The topological polar surface area (TPSA) is 67.1 Å². The van der Waals surface area contributed by atoms with Crippen molar-refractivity contribution in [2.45, 2.75) is 32.7 Å². The predicted molar refractivity (Wildman–Crippen MR) is 110 cm³/mol. The number of piperidine rings is 1. The van der Waals surface area contributed by atoms with Gasteiger partial charge in [0.2, 0.25) is 5.95 Å². The molecule has 1 fully saturated rings. The van der Waals surface area contributed by atoms with Gasteiger partial charge in [0.05, 0.1) is 13.2 Å². The van der Waals surface area contributed by atoms with Gasteiger partial charge >= 0.3 is 0 Å². The van der Waals surface area contributed by atoms with E-state index in [2.05, 4.69) is 75.9 Å². The monoisotopic (exact) mass is 377 g/mol. The number of benzene rings is 2. The van der Waals surface area contributed by atoms with Crippen LogP contribution in [0.5, 0.6) is 0 Å². The van der Waals surface area contributed by atoms with Crippen molar-refractivity contribution in [2.24, 2.45) is 5.41 Å². The zero-order valence-electron chi connectivity index (χ0n) is 16.3. The average molecular weight is 377 g/mol. The third-order valence-electron chi connectivity index (χ3n) is 5.94. The summed E-state index contributed by atoms with van der Waals surface area (Å²) in [6.45, 7) is 4.72. The van der Waals surface area contributed by atoms with E-state index in [1.807, 2.05) is 10.7 Å². The molecule has 0 saturated carbocycles. The summed E-state index contributed by atoms with van der Waals surface area (Å²) in [5.41, 5.74) is 3.53. The van der Waals surface area contributed by atoms with Crippen molar-refractivity contribution in [1.82, 2.24) is 20.2 Å². The summed E-state index contributed by atoms with van der Waals surface area (Å²) < 4.78 is 1.86. The van der Waals surface area contributed by atoms with E-state index in [1.165, 1.54) is 11.1 Å². The molecule has 28 heavy (non-hydrogen) atoms. The molecule has 2 aromatic carbocycles. The number of hydrogen-bond acceptors (Lipinski definition) is 5. The molecule has 0 amide bonds. The van der Waals surface area contributed by atoms with Crippen molar-refractivity contribution in [1.29, 1.82) is 0 Å². The quantitative estimate of drug-likeness (QED) is 0.713. The second-order valence-electron chi connectivity index (χ2n) is 7.74. The minimum atomic E-state index is -0.0492. The van der Waals surface area contributed by atoms with Crippen LogP contribution in [0.15, 0.2) is 54.6 Å². The predicted octanol–water partition coefficient (Wildman–Crippen LogP) is 3.38. The summed E-state index contributed by atoms with van der Waals surface area (Å²) in [4.78, 5) is 2.22. The van der Waals surface area contributed by atoms with Gasteiger partial charge in [-0.25, -0.2) is 4.68 Å². The summed E-state index contributed by atoms with van der Waals surface area (Å²) >= 11 is 0. The second kappa shape index (κ2) is 8.10. The van der Waals surface area contributed by atoms with E-state index >= 15 is 0 Å². The number of aliphatic hydroxyl groups is 1. The molecule has 146 valence electrons. The summed E-state index contributed by atoms with van der Waals surface area (Å²) in [6.07, 6.45) is 3.06. The first kappa shape index (κ1) is 18.6. The number of tetrazole rings is 1. The maximum atomic E-state index is 9.90. The highest BCUT2D eigenvalue weighted by Gasteiger charge is 2.35. The molecular formula is C22H27N5O. The Morgan fingerprint density at radius 2 is 1.79 bits per heavy atom. The van der Waals surface area contributed by atoms with Crippen molar-refractivity contribution in [3.8, 4) is 11.1 Å². The summed E-state index contributed by atoms with van der Waals surface area (Å²) in [7, 11) is 0. The molecule has 1 saturated heterocycles. The molecule has 3 aromatic rings. The largest absolute Gasteiger partial charge is 0.396 e. The van der Waals surface area contributed by atoms with Crippen LogP contribution < -0.4 is 4.90 Å². The molecule has 0 bridgehead atoms. The number of nitrogens with zero attached hydrogens (tertiary/aromatic N) is 5. The van der Waals surface area contributed by atoms with Gasteiger partial charge in [-0.2, -0.15) is 0 Å². The molecule has 1 N–H and O–H groups in total. The molecule has 6 heteroatoms. The number of aromatic nitrogens is 4. The fourth-order valence-electron chi connectivity index (χ4n) is 4.04. The molecule has 1 aliphatic rings. The Balaban J connectivity index is 1.50. The van der Waals surface area contributed by atoms with Gasteiger partial charge in [0.25, 0.3) is 0 Å². The van der Waals surface area contributed by atoms with Crippen LogP contribution in [0.25, 0.3) is 11.1 Å². The van der Waals surface area contributed by atoms with Crippen LogP contribution in [0, 0.1) is 5.41 Å². The molecular weight excluding hydrogens is 350 g/mol. The summed E-state index contributed by atoms with van der Waals surface area (Å²) in [5, 5.41) is 22.3. The highest BCUT2D eigenvalue weighted by molar-refractivity contribution is 5.63. The van der Waals surface area contributed by atoms with E-state index in [-0.39, 0.29) is 12.0 Å². The lowest BCUT2D eigenvalue weighted by Gasteiger charge is -2.41. The maximum absolute atomic E-state index is 9.90. The van der Waals surface area contributed by atoms with Gasteiger partial charge in [-0.05, 0) is 46.4 Å². The molecule has 4 rings (SSSR count). The van der Waals surface area contributed by atoms with Gasteiger partial charge in [0, 0.05) is 18.5 Å². The highest BCUT2D eigenvalue weighted by atomic mass is 16.3. The Hall–Kier alpha value is -2.73. The minimum Gasteiger partial charge on any atom is -0.396 e. The fourth-order valence-corrected chi connectivity index (χ4v) is 4.04. The molecule has 1 atom stereocenters. The lowest BCUT2D eigenvalue weighted by atomic mass is 9.78. The zero-order chi connectivity index (χ0) is 19.4. The fraction of sp³-hybridized carbons (Fsp3) is 0.409. The van der Waals surface area contributed by atoms with Crippen LogP contribution >= 0.6 is 0 Å². The number of hydrogen-bond donors (Lipinski definition) is 1. The number of rotatable bonds is 6. The van der Waals surface area contributed by atoms with Crippen LogP contribution in [-0.4, -0.2) is 45.0 Å². The molecule has 0 radical (unpaired) electrons. The lowest BCUT2D eigenvalue weighted by molar-refractivity contribution is 0.100. The molecule has 1 aliphatic heterocycles. The molecule has 6 nitrogen and oxygen atoms in total. The van der Waals surface area contributed by atoms with Crippen molar-refractivity contribution in [3.05, 3.63) is 60.2 Å². The van der Waals surface area contributed by atoms with Gasteiger partial charge in [0.1, 0.15) is 0 Å². The van der Waals surface area contributed by atoms with E-state index in [4.69, 9.17) is 0 Å². The minimum absolute atomic E-state index is 0.0492. The SMILES string of the molecule is CC[C@]1(CO)CCCN(c2nnnn2Cc2ccc(-c3ccccc3)cc2)C1. The number of aliphatic hydroxyl groups excluding tert-OH is 1. The molecule has 0 spiro atoms. The zero-order valence-corrected chi connectivity index (χ0v) is 16.3. The van der Waals surface area contributed by atoms with Gasteiger partial charge in [0.15, 0.2) is 0 Å². The molecule has 0 unspecified atom stereocenters. The smallest absolute Gasteiger partial charge is 0.245 e. The maximum Gasteiger partial charge on any atom is 0.245 e. The lowest BCUT2D eigenvalue weighted by Crippen LogP contribution is -2.46. The van der Waals surface area contributed by atoms with Crippen LogP contribution in [0.4, 0.5) is 5.95 Å². The first-order valence-electron chi connectivity index (χ1n) is 9.99. The van der Waals surface area contributed by atoms with E-state index in [9.17, 15) is 5.11 Å².